The number of rotatable bonds is 6. The van der Waals surface area contributed by atoms with Crippen molar-refractivity contribution >= 4 is 33.5 Å². The lowest BCUT2D eigenvalue weighted by Gasteiger charge is -2.42. The van der Waals surface area contributed by atoms with Crippen molar-refractivity contribution in [2.24, 2.45) is 5.92 Å². The van der Waals surface area contributed by atoms with Crippen LogP contribution in [0.25, 0.3) is 0 Å². The molecule has 2 atom stereocenters. The first-order chi connectivity index (χ1) is 17.3. The largest absolute Gasteiger partial charge is 0.354 e. The molecule has 3 heterocycles. The van der Waals surface area contributed by atoms with Crippen molar-refractivity contribution in [1.29, 1.82) is 0 Å². The second-order valence-corrected chi connectivity index (χ2v) is 11.5. The summed E-state index contributed by atoms with van der Waals surface area (Å²) < 4.78 is 25.5. The Bertz CT molecular complexity index is 1090. The highest BCUT2D eigenvalue weighted by Gasteiger charge is 2.41. The predicted octanol–water partition coefficient (Wildman–Crippen LogP) is -1.11. The Hall–Kier alpha value is -2.99. The normalized spacial score (nSPS) is 23.6. The highest BCUT2D eigenvalue weighted by molar-refractivity contribution is 7.92. The van der Waals surface area contributed by atoms with Gasteiger partial charge in [0.2, 0.25) is 23.6 Å². The van der Waals surface area contributed by atoms with E-state index in [-0.39, 0.29) is 42.3 Å². The second-order valence-electron chi connectivity index (χ2n) is 9.48. The van der Waals surface area contributed by atoms with Gasteiger partial charge in [-0.3, -0.25) is 19.2 Å². The molecular weight excluding hydrogens is 486 g/mol. The third-order valence-corrected chi connectivity index (χ3v) is 8.64. The highest BCUT2D eigenvalue weighted by atomic mass is 32.2. The summed E-state index contributed by atoms with van der Waals surface area (Å²) in [6.45, 7) is 2.10. The number of carbonyl (C=O) groups excluding carboxylic acids is 4. The molecule has 1 aromatic rings. The van der Waals surface area contributed by atoms with E-state index in [0.717, 1.165) is 6.42 Å². The summed E-state index contributed by atoms with van der Waals surface area (Å²) in [5.74, 6) is -2.50. The van der Waals surface area contributed by atoms with E-state index in [9.17, 15) is 27.6 Å². The van der Waals surface area contributed by atoms with Gasteiger partial charge in [-0.05, 0) is 50.9 Å². The van der Waals surface area contributed by atoms with Crippen LogP contribution in [0.15, 0.2) is 35.2 Å². The number of benzene rings is 1. The fourth-order valence-corrected chi connectivity index (χ4v) is 6.19. The first kappa shape index (κ1) is 26.1. The van der Waals surface area contributed by atoms with Crippen LogP contribution in [0.3, 0.4) is 0 Å². The Kier molecular flexibility index (Phi) is 8.24. The van der Waals surface area contributed by atoms with Gasteiger partial charge in [-0.2, -0.15) is 0 Å². The molecule has 3 fully saturated rings. The zero-order valence-electron chi connectivity index (χ0n) is 20.1. The lowest BCUT2D eigenvalue weighted by Crippen LogP contribution is -2.64. The zero-order valence-corrected chi connectivity index (χ0v) is 21.0. The van der Waals surface area contributed by atoms with Gasteiger partial charge in [0.05, 0.1) is 11.4 Å². The summed E-state index contributed by atoms with van der Waals surface area (Å²) in [6.07, 6.45) is 2.53. The number of amides is 4. The van der Waals surface area contributed by atoms with Crippen LogP contribution in [-0.2, 0) is 29.0 Å². The van der Waals surface area contributed by atoms with Crippen molar-refractivity contribution in [1.82, 2.24) is 25.8 Å². The topological polar surface area (TPSA) is 145 Å². The molecule has 1 aromatic carbocycles. The molecule has 3 aliphatic heterocycles. The molecule has 0 unspecified atom stereocenters. The molecule has 0 spiro atoms. The molecule has 11 nitrogen and oxygen atoms in total. The smallest absolute Gasteiger partial charge is 0.245 e. The minimum atomic E-state index is -3.86. The predicted molar refractivity (Wildman–Crippen MR) is 130 cm³/mol. The number of piperazine rings is 1. The standard InChI is InChI=1S/C24H33N5O6S/c30-21(16-36(34,35)18-5-2-1-3-6-18)28-13-14-29(24(33)17-8-11-25-12-9-17)20(15-28)23(32)27-19-7-4-10-26-22(19)31/h1-3,5-6,17,19-20,25H,4,7-16H2,(H,26,31)(H,27,32)/t19-,20-/m1/s1. The number of sulfone groups is 1. The average Bonchev–Trinajstić information content (AvgIpc) is 2.90. The molecule has 4 rings (SSSR count). The van der Waals surface area contributed by atoms with E-state index in [1.54, 1.807) is 18.2 Å². The number of hydrogen-bond donors (Lipinski definition) is 3. The molecule has 0 saturated carbocycles. The van der Waals surface area contributed by atoms with Gasteiger partial charge in [0.1, 0.15) is 17.8 Å². The molecule has 3 saturated heterocycles. The summed E-state index contributed by atoms with van der Waals surface area (Å²) in [4.78, 5) is 54.8. The molecule has 36 heavy (non-hydrogen) atoms. The summed E-state index contributed by atoms with van der Waals surface area (Å²) in [7, 11) is -3.86. The molecule has 3 aliphatic rings. The first-order valence-electron chi connectivity index (χ1n) is 12.4. The van der Waals surface area contributed by atoms with Gasteiger partial charge >= 0.3 is 0 Å². The second kappa shape index (κ2) is 11.4. The first-order valence-corrected chi connectivity index (χ1v) is 14.1. The Balaban J connectivity index is 1.49. The van der Waals surface area contributed by atoms with Gasteiger partial charge in [0.25, 0.3) is 0 Å². The number of carbonyl (C=O) groups is 4. The monoisotopic (exact) mass is 519 g/mol. The van der Waals surface area contributed by atoms with Crippen LogP contribution in [0, 0.1) is 5.92 Å². The van der Waals surface area contributed by atoms with Crippen LogP contribution in [0.1, 0.15) is 25.7 Å². The Morgan fingerprint density at radius 1 is 1.00 bits per heavy atom. The van der Waals surface area contributed by atoms with Gasteiger partial charge in [-0.25, -0.2) is 8.42 Å². The third-order valence-electron chi connectivity index (χ3n) is 7.02. The van der Waals surface area contributed by atoms with E-state index in [4.69, 9.17) is 0 Å². The molecule has 0 aliphatic carbocycles. The lowest BCUT2D eigenvalue weighted by molar-refractivity contribution is -0.151. The van der Waals surface area contributed by atoms with Crippen molar-refractivity contribution in [2.45, 2.75) is 42.7 Å². The van der Waals surface area contributed by atoms with Gasteiger partial charge < -0.3 is 25.8 Å². The van der Waals surface area contributed by atoms with E-state index >= 15 is 0 Å². The zero-order chi connectivity index (χ0) is 25.7. The summed E-state index contributed by atoms with van der Waals surface area (Å²) in [5.41, 5.74) is 0. The van der Waals surface area contributed by atoms with Gasteiger partial charge in [0.15, 0.2) is 9.84 Å². The minimum absolute atomic E-state index is 0.0516. The molecule has 4 amide bonds. The van der Waals surface area contributed by atoms with Crippen LogP contribution in [0.5, 0.6) is 0 Å². The number of nitrogens with one attached hydrogen (secondary N) is 3. The Labute approximate surface area is 210 Å². The fourth-order valence-electron chi connectivity index (χ4n) is 4.94. The molecule has 3 N–H and O–H groups in total. The fraction of sp³-hybridized carbons (Fsp3) is 0.583. The van der Waals surface area contributed by atoms with Crippen LogP contribution < -0.4 is 16.0 Å². The maximum atomic E-state index is 13.4. The van der Waals surface area contributed by atoms with E-state index in [0.29, 0.717) is 38.9 Å². The third kappa shape index (κ3) is 6.04. The lowest BCUT2D eigenvalue weighted by atomic mass is 9.95. The van der Waals surface area contributed by atoms with E-state index in [2.05, 4.69) is 16.0 Å². The van der Waals surface area contributed by atoms with Crippen LogP contribution >= 0.6 is 0 Å². The maximum Gasteiger partial charge on any atom is 0.245 e. The van der Waals surface area contributed by atoms with Crippen molar-refractivity contribution in [2.75, 3.05) is 45.0 Å². The van der Waals surface area contributed by atoms with Crippen molar-refractivity contribution in [3.05, 3.63) is 30.3 Å². The number of piperidine rings is 2. The Morgan fingerprint density at radius 3 is 2.42 bits per heavy atom. The van der Waals surface area contributed by atoms with E-state index in [1.807, 2.05) is 0 Å². The SMILES string of the molecule is O=C(N[C@@H]1CCCNC1=O)[C@H]1CN(C(=O)CS(=O)(=O)c2ccccc2)CCN1C(=O)C1CCNCC1. The number of nitrogens with zero attached hydrogens (tertiary/aromatic N) is 2. The van der Waals surface area contributed by atoms with Gasteiger partial charge in [-0.1, -0.05) is 18.2 Å². The summed E-state index contributed by atoms with van der Waals surface area (Å²) in [6, 6.07) is 6.03. The molecule has 12 heteroatoms. The quantitative estimate of drug-likeness (QED) is 0.432. The molecule has 0 bridgehead atoms. The molecule has 0 radical (unpaired) electrons. The minimum Gasteiger partial charge on any atom is -0.354 e. The van der Waals surface area contributed by atoms with Gasteiger partial charge in [0, 0.05) is 25.6 Å². The van der Waals surface area contributed by atoms with Crippen LogP contribution in [0.4, 0.5) is 0 Å². The van der Waals surface area contributed by atoms with Crippen molar-refractivity contribution in [3.8, 4) is 0 Å². The summed E-state index contributed by atoms with van der Waals surface area (Å²) >= 11 is 0. The average molecular weight is 520 g/mol. The van der Waals surface area contributed by atoms with Crippen LogP contribution in [0.2, 0.25) is 0 Å². The molecule has 196 valence electrons. The Morgan fingerprint density at radius 2 is 1.72 bits per heavy atom. The van der Waals surface area contributed by atoms with Gasteiger partial charge in [-0.15, -0.1) is 0 Å². The van der Waals surface area contributed by atoms with E-state index in [1.165, 1.54) is 21.9 Å². The van der Waals surface area contributed by atoms with Crippen LogP contribution in [-0.4, -0.2) is 99.0 Å². The molecule has 0 aromatic heterocycles. The van der Waals surface area contributed by atoms with Crippen molar-refractivity contribution < 1.29 is 27.6 Å². The van der Waals surface area contributed by atoms with Crippen molar-refractivity contribution in [3.63, 3.8) is 0 Å². The van der Waals surface area contributed by atoms with E-state index < -0.39 is 39.5 Å². The summed E-state index contributed by atoms with van der Waals surface area (Å²) in [5, 5.41) is 8.69. The number of hydrogen-bond acceptors (Lipinski definition) is 7. The maximum absolute atomic E-state index is 13.4. The molecular formula is C24H33N5O6S. The highest BCUT2D eigenvalue weighted by Crippen LogP contribution is 2.21.